The van der Waals surface area contributed by atoms with Gasteiger partial charge in [0, 0.05) is 32.5 Å². The van der Waals surface area contributed by atoms with Crippen LogP contribution >= 0.6 is 11.3 Å². The Kier molecular flexibility index (Phi) is 4.77. The monoisotopic (exact) mass is 336 g/mol. The zero-order valence-corrected chi connectivity index (χ0v) is 14.1. The van der Waals surface area contributed by atoms with Crippen LogP contribution in [0, 0.1) is 0 Å². The van der Waals surface area contributed by atoms with Crippen molar-refractivity contribution in [1.82, 2.24) is 9.80 Å². The van der Waals surface area contributed by atoms with Crippen LogP contribution in [0.5, 0.6) is 0 Å². The number of piperidine rings is 1. The number of quaternary nitrogens is 1. The quantitative estimate of drug-likeness (QED) is 0.791. The van der Waals surface area contributed by atoms with Crippen LogP contribution in [0.25, 0.3) is 0 Å². The lowest BCUT2D eigenvalue weighted by atomic mass is 10.0. The van der Waals surface area contributed by atoms with Gasteiger partial charge in [-0.3, -0.25) is 19.3 Å². The maximum Gasteiger partial charge on any atom is 0.287 e. The van der Waals surface area contributed by atoms with Crippen molar-refractivity contribution in [3.63, 3.8) is 0 Å². The Morgan fingerprint density at radius 3 is 2.65 bits per heavy atom. The molecule has 1 atom stereocenters. The molecule has 124 valence electrons. The van der Waals surface area contributed by atoms with E-state index < -0.39 is 0 Å². The summed E-state index contributed by atoms with van der Waals surface area (Å²) in [5, 5.41) is 3.96. The third-order valence-electron chi connectivity index (χ3n) is 4.66. The van der Waals surface area contributed by atoms with Crippen LogP contribution in [-0.4, -0.2) is 59.2 Å². The molecule has 1 aromatic heterocycles. The molecular formula is C16H22N3O3S+. The van der Waals surface area contributed by atoms with E-state index in [2.05, 4.69) is 0 Å². The molecule has 0 aromatic carbocycles. The third-order valence-corrected chi connectivity index (χ3v) is 5.52. The Bertz CT molecular complexity index is 594. The molecule has 2 aliphatic rings. The number of carbonyl (C=O) groups excluding carboxylic acids is 3. The predicted octanol–water partition coefficient (Wildman–Crippen LogP) is 0.0635. The van der Waals surface area contributed by atoms with Crippen LogP contribution in [0.2, 0.25) is 0 Å². The van der Waals surface area contributed by atoms with E-state index in [1.54, 1.807) is 0 Å². The van der Waals surface area contributed by atoms with Crippen molar-refractivity contribution >= 4 is 29.1 Å². The number of hydrogen-bond donors (Lipinski definition) is 1. The number of rotatable bonds is 4. The summed E-state index contributed by atoms with van der Waals surface area (Å²) >= 11 is 1.47. The van der Waals surface area contributed by atoms with Gasteiger partial charge >= 0.3 is 0 Å². The van der Waals surface area contributed by atoms with Gasteiger partial charge in [-0.15, -0.1) is 11.3 Å². The molecule has 3 amide bonds. The lowest BCUT2D eigenvalue weighted by Gasteiger charge is -2.31. The molecule has 2 saturated heterocycles. The highest BCUT2D eigenvalue weighted by Gasteiger charge is 2.42. The fraction of sp³-hybridized carbons (Fsp3) is 0.562. The second-order valence-electron chi connectivity index (χ2n) is 6.09. The fourth-order valence-electron chi connectivity index (χ4n) is 3.37. The first-order valence-electron chi connectivity index (χ1n) is 8.12. The summed E-state index contributed by atoms with van der Waals surface area (Å²) in [4.78, 5) is 40.3. The summed E-state index contributed by atoms with van der Waals surface area (Å²) in [5.74, 6) is -0.0265. The first-order chi connectivity index (χ1) is 11.1. The number of likely N-dealkylation sites (tertiary alicyclic amines) is 2. The number of likely N-dealkylation sites (N-methyl/N-ethyl adjacent to an activating group) is 1. The number of nitrogens with zero attached hydrogens (tertiary/aromatic N) is 2. The van der Waals surface area contributed by atoms with E-state index in [0.29, 0.717) is 32.1 Å². The third kappa shape index (κ3) is 3.30. The summed E-state index contributed by atoms with van der Waals surface area (Å²) in [7, 11) is 0. The first-order valence-corrected chi connectivity index (χ1v) is 9.00. The topological polar surface area (TPSA) is 74.3 Å². The van der Waals surface area contributed by atoms with Crippen LogP contribution in [0.15, 0.2) is 17.5 Å². The zero-order chi connectivity index (χ0) is 16.4. The maximum absolute atomic E-state index is 12.3. The van der Waals surface area contributed by atoms with Gasteiger partial charge in [-0.25, -0.2) is 0 Å². The van der Waals surface area contributed by atoms with Crippen LogP contribution in [0.4, 0.5) is 0 Å². The summed E-state index contributed by atoms with van der Waals surface area (Å²) in [5.41, 5.74) is 0. The Balaban J connectivity index is 1.51. The Morgan fingerprint density at radius 1 is 1.35 bits per heavy atom. The molecule has 0 bridgehead atoms. The van der Waals surface area contributed by atoms with Gasteiger partial charge in [0.15, 0.2) is 6.04 Å². The number of carbonyl (C=O) groups is 3. The normalized spacial score (nSPS) is 22.9. The SMILES string of the molecule is CCN1C(=O)C[C@@H]([NH2+]C2CCN(C(=O)c3cccs3)CC2)C1=O. The Hall–Kier alpha value is -1.73. The van der Waals surface area contributed by atoms with E-state index in [1.807, 2.05) is 34.7 Å². The molecule has 2 aliphatic heterocycles. The van der Waals surface area contributed by atoms with Crippen molar-refractivity contribution in [2.75, 3.05) is 19.6 Å². The van der Waals surface area contributed by atoms with Crippen LogP contribution in [-0.2, 0) is 9.59 Å². The predicted molar refractivity (Wildman–Crippen MR) is 86.0 cm³/mol. The summed E-state index contributed by atoms with van der Waals surface area (Å²) in [6.45, 7) is 3.71. The van der Waals surface area contributed by atoms with Crippen molar-refractivity contribution in [2.45, 2.75) is 38.3 Å². The highest BCUT2D eigenvalue weighted by atomic mass is 32.1. The molecule has 0 spiro atoms. The molecule has 7 heteroatoms. The van der Waals surface area contributed by atoms with Gasteiger partial charge in [0.05, 0.1) is 17.3 Å². The largest absolute Gasteiger partial charge is 0.337 e. The van der Waals surface area contributed by atoms with Gasteiger partial charge in [-0.05, 0) is 18.4 Å². The minimum absolute atomic E-state index is 0.0606. The van der Waals surface area contributed by atoms with Gasteiger partial charge in [-0.1, -0.05) is 6.07 Å². The summed E-state index contributed by atoms with van der Waals surface area (Å²) in [6.07, 6.45) is 2.03. The molecule has 23 heavy (non-hydrogen) atoms. The van der Waals surface area contributed by atoms with Crippen molar-refractivity contribution in [2.24, 2.45) is 0 Å². The molecule has 0 aliphatic carbocycles. The Labute approximate surface area is 139 Å². The number of imide groups is 1. The lowest BCUT2D eigenvalue weighted by molar-refractivity contribution is -0.710. The van der Waals surface area contributed by atoms with Gasteiger partial charge in [0.1, 0.15) is 0 Å². The molecule has 2 fully saturated rings. The van der Waals surface area contributed by atoms with Gasteiger partial charge < -0.3 is 10.2 Å². The average molecular weight is 336 g/mol. The summed E-state index contributed by atoms with van der Waals surface area (Å²) < 4.78 is 0. The van der Waals surface area contributed by atoms with E-state index in [9.17, 15) is 14.4 Å². The molecular weight excluding hydrogens is 314 g/mol. The number of hydrogen-bond acceptors (Lipinski definition) is 4. The van der Waals surface area contributed by atoms with E-state index in [-0.39, 0.29) is 23.8 Å². The fourth-order valence-corrected chi connectivity index (χ4v) is 4.06. The first kappa shape index (κ1) is 16.1. The molecule has 0 radical (unpaired) electrons. The molecule has 3 heterocycles. The van der Waals surface area contributed by atoms with Crippen LogP contribution < -0.4 is 5.32 Å². The van der Waals surface area contributed by atoms with E-state index >= 15 is 0 Å². The summed E-state index contributed by atoms with van der Waals surface area (Å²) in [6, 6.07) is 3.78. The number of amides is 3. The van der Waals surface area contributed by atoms with Crippen molar-refractivity contribution < 1.29 is 19.7 Å². The van der Waals surface area contributed by atoms with Gasteiger partial charge in [0.2, 0.25) is 5.91 Å². The van der Waals surface area contributed by atoms with E-state index in [0.717, 1.165) is 17.7 Å². The van der Waals surface area contributed by atoms with Crippen molar-refractivity contribution in [3.8, 4) is 0 Å². The number of nitrogens with two attached hydrogens (primary N) is 1. The second kappa shape index (κ2) is 6.80. The molecule has 3 rings (SSSR count). The zero-order valence-electron chi connectivity index (χ0n) is 13.2. The molecule has 0 unspecified atom stereocenters. The minimum Gasteiger partial charge on any atom is -0.337 e. The molecule has 0 saturated carbocycles. The van der Waals surface area contributed by atoms with E-state index in [1.165, 1.54) is 16.2 Å². The smallest absolute Gasteiger partial charge is 0.287 e. The highest BCUT2D eigenvalue weighted by molar-refractivity contribution is 7.12. The minimum atomic E-state index is -0.271. The van der Waals surface area contributed by atoms with Crippen LogP contribution in [0.3, 0.4) is 0 Å². The molecule has 2 N–H and O–H groups in total. The maximum atomic E-state index is 12.3. The second-order valence-corrected chi connectivity index (χ2v) is 7.03. The molecule has 1 aromatic rings. The van der Waals surface area contributed by atoms with Crippen molar-refractivity contribution in [3.05, 3.63) is 22.4 Å². The van der Waals surface area contributed by atoms with E-state index in [4.69, 9.17) is 0 Å². The molecule has 6 nitrogen and oxygen atoms in total. The van der Waals surface area contributed by atoms with Crippen LogP contribution in [0.1, 0.15) is 35.9 Å². The number of thiophene rings is 1. The highest BCUT2D eigenvalue weighted by Crippen LogP contribution is 2.17. The van der Waals surface area contributed by atoms with Gasteiger partial charge in [0.25, 0.3) is 11.8 Å². The van der Waals surface area contributed by atoms with Gasteiger partial charge in [-0.2, -0.15) is 0 Å². The lowest BCUT2D eigenvalue weighted by Crippen LogP contribution is -2.97. The van der Waals surface area contributed by atoms with Crippen molar-refractivity contribution in [1.29, 1.82) is 0 Å². The average Bonchev–Trinajstić information content (AvgIpc) is 3.17. The standard InChI is InChI=1S/C16H21N3O3S/c1-2-19-14(20)10-12(15(19)21)17-11-5-7-18(8-6-11)16(22)13-4-3-9-23-13/h3-4,9,11-12,17H,2,5-8,10H2,1H3/p+1/t12-/m1/s1. The Morgan fingerprint density at radius 2 is 2.09 bits per heavy atom.